The van der Waals surface area contributed by atoms with E-state index < -0.39 is 0 Å². The van der Waals surface area contributed by atoms with E-state index >= 15 is 0 Å². The molecule has 0 heterocycles. The Morgan fingerprint density at radius 3 is 1.57 bits per heavy atom. The van der Waals surface area contributed by atoms with Crippen molar-refractivity contribution >= 4 is 0 Å². The van der Waals surface area contributed by atoms with Gasteiger partial charge < -0.3 is 0 Å². The summed E-state index contributed by atoms with van der Waals surface area (Å²) in [7, 11) is 0. The Kier molecular flexibility index (Phi) is 1.72. The third kappa shape index (κ3) is 0.898. The maximum Gasteiger partial charge on any atom is 0.0113 e. The molecule has 4 saturated carbocycles. The number of rotatable bonds is 2. The molecule has 0 N–H and O–H groups in total. The van der Waals surface area contributed by atoms with E-state index in [4.69, 9.17) is 0 Å². The minimum absolute atomic E-state index is 0.313. The first-order chi connectivity index (χ1) is 6.78. The highest BCUT2D eigenvalue weighted by molar-refractivity contribution is 5.19. The van der Waals surface area contributed by atoms with E-state index in [0.29, 0.717) is 5.41 Å². The monoisotopic (exact) mass is 188 g/mol. The quantitative estimate of drug-likeness (QED) is 0.578. The summed E-state index contributed by atoms with van der Waals surface area (Å²) in [6, 6.07) is 0. The van der Waals surface area contributed by atoms with Crippen LogP contribution in [0.15, 0.2) is 25.3 Å². The van der Waals surface area contributed by atoms with Crippen LogP contribution in [0.25, 0.3) is 0 Å². The van der Waals surface area contributed by atoms with E-state index in [0.717, 1.165) is 23.7 Å². The van der Waals surface area contributed by atoms with Crippen LogP contribution < -0.4 is 0 Å². The number of hydrogen-bond donors (Lipinski definition) is 0. The Morgan fingerprint density at radius 2 is 1.21 bits per heavy atom. The molecule has 4 aliphatic carbocycles. The van der Waals surface area contributed by atoms with Gasteiger partial charge in [0.25, 0.3) is 0 Å². The fourth-order valence-electron chi connectivity index (χ4n) is 4.75. The second-order valence-corrected chi connectivity index (χ2v) is 5.71. The van der Waals surface area contributed by atoms with Crippen LogP contribution in [0.1, 0.15) is 32.1 Å². The molecule has 0 nitrogen and oxygen atoms in total. The fraction of sp³-hybridized carbons (Fsp3) is 0.714. The first kappa shape index (κ1) is 8.76. The molecule has 0 aromatic carbocycles. The molecule has 0 saturated heterocycles. The molecular formula is C14H20. The zero-order valence-corrected chi connectivity index (χ0v) is 8.91. The standard InChI is InChI=1S/C14H20/c1-3-14(4-2)12-6-10-5-11(8-12)9-13(14)7-10/h3-4,10-13H,1-2,5-9H2. The van der Waals surface area contributed by atoms with Gasteiger partial charge in [0.1, 0.15) is 0 Å². The molecule has 0 aromatic heterocycles. The van der Waals surface area contributed by atoms with Gasteiger partial charge in [0, 0.05) is 5.41 Å². The highest BCUT2D eigenvalue weighted by Crippen LogP contribution is 2.63. The van der Waals surface area contributed by atoms with Crippen LogP contribution in [-0.2, 0) is 0 Å². The lowest BCUT2D eigenvalue weighted by Gasteiger charge is -2.59. The summed E-state index contributed by atoms with van der Waals surface area (Å²) in [4.78, 5) is 0. The Balaban J connectivity index is 2.01. The highest BCUT2D eigenvalue weighted by atomic mass is 14.6. The zero-order chi connectivity index (χ0) is 9.76. The SMILES string of the molecule is C=CC1(C=C)C2CC3CC(C2)CC1C3. The predicted molar refractivity (Wildman–Crippen MR) is 59.9 cm³/mol. The Hall–Kier alpha value is -0.520. The second-order valence-electron chi connectivity index (χ2n) is 5.71. The molecule has 4 rings (SSSR count). The molecule has 76 valence electrons. The van der Waals surface area contributed by atoms with E-state index in [2.05, 4.69) is 25.3 Å². The van der Waals surface area contributed by atoms with Gasteiger partial charge in [0.05, 0.1) is 0 Å². The van der Waals surface area contributed by atoms with E-state index in [9.17, 15) is 0 Å². The Labute approximate surface area is 87.1 Å². The van der Waals surface area contributed by atoms with E-state index in [1.807, 2.05) is 0 Å². The average molecular weight is 188 g/mol. The molecule has 0 aromatic rings. The molecule has 0 atom stereocenters. The normalized spacial score (nSPS) is 47.7. The summed E-state index contributed by atoms with van der Waals surface area (Å²) in [6.45, 7) is 8.16. The van der Waals surface area contributed by atoms with Crippen molar-refractivity contribution in [1.29, 1.82) is 0 Å². The highest BCUT2D eigenvalue weighted by Gasteiger charge is 2.54. The Bertz CT molecular complexity index is 236. The van der Waals surface area contributed by atoms with Crippen LogP contribution in [-0.4, -0.2) is 0 Å². The first-order valence-electron chi connectivity index (χ1n) is 6.05. The van der Waals surface area contributed by atoms with Gasteiger partial charge in [-0.2, -0.15) is 0 Å². The molecule has 4 fully saturated rings. The van der Waals surface area contributed by atoms with Crippen LogP contribution >= 0.6 is 0 Å². The van der Waals surface area contributed by atoms with Gasteiger partial charge in [-0.3, -0.25) is 0 Å². The molecule has 0 unspecified atom stereocenters. The van der Waals surface area contributed by atoms with E-state index in [1.165, 1.54) is 32.1 Å². The summed E-state index contributed by atoms with van der Waals surface area (Å²) < 4.78 is 0. The minimum Gasteiger partial charge on any atom is -0.102 e. The molecule has 0 aliphatic heterocycles. The molecule has 4 bridgehead atoms. The van der Waals surface area contributed by atoms with Crippen molar-refractivity contribution < 1.29 is 0 Å². The largest absolute Gasteiger partial charge is 0.102 e. The molecule has 0 spiro atoms. The third-order valence-corrected chi connectivity index (χ3v) is 5.26. The smallest absolute Gasteiger partial charge is 0.0113 e. The van der Waals surface area contributed by atoms with Gasteiger partial charge in [-0.25, -0.2) is 0 Å². The fourth-order valence-corrected chi connectivity index (χ4v) is 4.75. The van der Waals surface area contributed by atoms with Gasteiger partial charge >= 0.3 is 0 Å². The van der Waals surface area contributed by atoms with Gasteiger partial charge in [0.2, 0.25) is 0 Å². The summed E-state index contributed by atoms with van der Waals surface area (Å²) in [5.74, 6) is 3.86. The predicted octanol–water partition coefficient (Wildman–Crippen LogP) is 3.80. The van der Waals surface area contributed by atoms with Crippen LogP contribution in [0, 0.1) is 29.1 Å². The van der Waals surface area contributed by atoms with Crippen molar-refractivity contribution in [3.8, 4) is 0 Å². The second kappa shape index (κ2) is 2.74. The van der Waals surface area contributed by atoms with Crippen molar-refractivity contribution in [2.24, 2.45) is 29.1 Å². The maximum absolute atomic E-state index is 4.08. The zero-order valence-electron chi connectivity index (χ0n) is 8.91. The van der Waals surface area contributed by atoms with Crippen LogP contribution in [0.3, 0.4) is 0 Å². The average Bonchev–Trinajstić information content (AvgIpc) is 2.18. The first-order valence-corrected chi connectivity index (χ1v) is 6.05. The number of hydrogen-bond acceptors (Lipinski definition) is 0. The van der Waals surface area contributed by atoms with Crippen molar-refractivity contribution in [2.75, 3.05) is 0 Å². The third-order valence-electron chi connectivity index (χ3n) is 5.26. The van der Waals surface area contributed by atoms with Gasteiger partial charge in [-0.1, -0.05) is 12.2 Å². The van der Waals surface area contributed by atoms with Crippen molar-refractivity contribution in [1.82, 2.24) is 0 Å². The molecule has 0 radical (unpaired) electrons. The summed E-state index contributed by atoms with van der Waals surface area (Å²) in [5.41, 5.74) is 0.313. The lowest BCUT2D eigenvalue weighted by atomic mass is 9.45. The molecule has 4 aliphatic rings. The molecule has 14 heavy (non-hydrogen) atoms. The van der Waals surface area contributed by atoms with E-state index in [1.54, 1.807) is 0 Å². The summed E-state index contributed by atoms with van der Waals surface area (Å²) in [5, 5.41) is 0. The molecule has 0 heteroatoms. The maximum atomic E-state index is 4.08. The van der Waals surface area contributed by atoms with Crippen molar-refractivity contribution in [3.63, 3.8) is 0 Å². The van der Waals surface area contributed by atoms with Crippen molar-refractivity contribution in [2.45, 2.75) is 32.1 Å². The summed E-state index contributed by atoms with van der Waals surface area (Å²) in [6.07, 6.45) is 11.8. The topological polar surface area (TPSA) is 0 Å². The minimum atomic E-state index is 0.313. The lowest BCUT2D eigenvalue weighted by molar-refractivity contribution is -0.0549. The molecule has 0 amide bonds. The lowest BCUT2D eigenvalue weighted by Crippen LogP contribution is -2.50. The van der Waals surface area contributed by atoms with Crippen LogP contribution in [0.4, 0.5) is 0 Å². The summed E-state index contributed by atoms with van der Waals surface area (Å²) >= 11 is 0. The van der Waals surface area contributed by atoms with Crippen LogP contribution in [0.5, 0.6) is 0 Å². The molecular weight excluding hydrogens is 168 g/mol. The van der Waals surface area contributed by atoms with Gasteiger partial charge in [-0.15, -0.1) is 13.2 Å². The number of allylic oxidation sites excluding steroid dienone is 2. The van der Waals surface area contributed by atoms with Crippen molar-refractivity contribution in [3.05, 3.63) is 25.3 Å². The van der Waals surface area contributed by atoms with E-state index in [-0.39, 0.29) is 0 Å². The van der Waals surface area contributed by atoms with Gasteiger partial charge in [-0.05, 0) is 55.8 Å². The Morgan fingerprint density at radius 1 is 0.786 bits per heavy atom. The van der Waals surface area contributed by atoms with Gasteiger partial charge in [0.15, 0.2) is 0 Å². The van der Waals surface area contributed by atoms with Crippen LogP contribution in [0.2, 0.25) is 0 Å².